The third kappa shape index (κ3) is 2.37. The molecule has 0 bridgehead atoms. The Bertz CT molecular complexity index is 675. The number of hydrogen-bond acceptors (Lipinski definition) is 4. The molecule has 2 aromatic rings. The zero-order chi connectivity index (χ0) is 15.1. The molecule has 0 radical (unpaired) electrons. The molecule has 0 unspecified atom stereocenters. The number of fused-ring (bicyclic) bond motifs is 1. The lowest BCUT2D eigenvalue weighted by Gasteiger charge is -2.24. The zero-order valence-corrected chi connectivity index (χ0v) is 13.9. The van der Waals surface area contributed by atoms with Crippen molar-refractivity contribution >= 4 is 21.7 Å². The molecule has 0 saturated carbocycles. The molecule has 1 aromatic heterocycles. The SMILES string of the molecule is CC(C)c1c(-c2cc(N)n(C)n2)cc2c(c1Br)OCCO2. The van der Waals surface area contributed by atoms with Crippen LogP contribution in [0.3, 0.4) is 0 Å². The molecule has 0 saturated heterocycles. The van der Waals surface area contributed by atoms with E-state index in [1.54, 1.807) is 4.68 Å². The molecule has 1 aliphatic heterocycles. The first-order valence-corrected chi connectivity index (χ1v) is 7.70. The number of benzene rings is 1. The minimum Gasteiger partial charge on any atom is -0.486 e. The molecule has 6 heteroatoms. The summed E-state index contributed by atoms with van der Waals surface area (Å²) in [6, 6.07) is 3.88. The number of halogens is 1. The van der Waals surface area contributed by atoms with E-state index in [2.05, 4.69) is 34.9 Å². The largest absolute Gasteiger partial charge is 0.486 e. The van der Waals surface area contributed by atoms with E-state index >= 15 is 0 Å². The summed E-state index contributed by atoms with van der Waals surface area (Å²) in [4.78, 5) is 0. The predicted octanol–water partition coefficient (Wildman–Crippen LogP) is 3.33. The van der Waals surface area contributed by atoms with Crippen LogP contribution in [0.5, 0.6) is 11.5 Å². The maximum absolute atomic E-state index is 5.91. The van der Waals surface area contributed by atoms with Crippen molar-refractivity contribution in [2.24, 2.45) is 7.05 Å². The molecule has 0 fully saturated rings. The molecule has 2 N–H and O–H groups in total. The summed E-state index contributed by atoms with van der Waals surface area (Å²) in [6.45, 7) is 5.42. The summed E-state index contributed by atoms with van der Waals surface area (Å²) in [5, 5.41) is 4.49. The lowest BCUT2D eigenvalue weighted by molar-refractivity contribution is 0.170. The number of nitrogen functional groups attached to an aromatic ring is 1. The normalized spacial score (nSPS) is 13.8. The minimum absolute atomic E-state index is 0.313. The van der Waals surface area contributed by atoms with E-state index in [9.17, 15) is 0 Å². The number of rotatable bonds is 2. The van der Waals surface area contributed by atoms with Gasteiger partial charge in [-0.1, -0.05) is 13.8 Å². The molecule has 5 nitrogen and oxygen atoms in total. The van der Waals surface area contributed by atoms with E-state index in [4.69, 9.17) is 15.2 Å². The molecule has 1 aliphatic rings. The van der Waals surface area contributed by atoms with Crippen LogP contribution in [0.2, 0.25) is 0 Å². The maximum Gasteiger partial charge on any atom is 0.175 e. The number of ether oxygens (including phenoxy) is 2. The molecule has 112 valence electrons. The van der Waals surface area contributed by atoms with Crippen molar-refractivity contribution in [3.05, 3.63) is 22.2 Å². The van der Waals surface area contributed by atoms with Crippen molar-refractivity contribution in [1.29, 1.82) is 0 Å². The van der Waals surface area contributed by atoms with Crippen LogP contribution in [0.25, 0.3) is 11.3 Å². The second kappa shape index (κ2) is 5.26. The summed E-state index contributed by atoms with van der Waals surface area (Å²) in [6.07, 6.45) is 0. The van der Waals surface area contributed by atoms with Crippen molar-refractivity contribution in [3.8, 4) is 22.8 Å². The van der Waals surface area contributed by atoms with E-state index in [0.717, 1.165) is 32.8 Å². The van der Waals surface area contributed by atoms with E-state index in [0.29, 0.717) is 24.9 Å². The van der Waals surface area contributed by atoms with Gasteiger partial charge in [0.05, 0.1) is 10.2 Å². The first kappa shape index (κ1) is 14.3. The van der Waals surface area contributed by atoms with Gasteiger partial charge in [-0.05, 0) is 33.5 Å². The monoisotopic (exact) mass is 351 g/mol. The lowest BCUT2D eigenvalue weighted by atomic mass is 9.94. The topological polar surface area (TPSA) is 62.3 Å². The van der Waals surface area contributed by atoms with Gasteiger partial charge in [0.25, 0.3) is 0 Å². The van der Waals surface area contributed by atoms with Gasteiger partial charge in [0, 0.05) is 18.7 Å². The van der Waals surface area contributed by atoms with Crippen molar-refractivity contribution < 1.29 is 9.47 Å². The fraction of sp³-hybridized carbons (Fsp3) is 0.400. The standard InChI is InChI=1S/C15H18BrN3O2/c1-8(2)13-9(10-7-12(17)19(3)18-10)6-11-15(14(13)16)21-5-4-20-11/h6-8H,4-5,17H2,1-3H3. The molecule has 0 atom stereocenters. The highest BCUT2D eigenvalue weighted by molar-refractivity contribution is 9.10. The number of nitrogens with two attached hydrogens (primary N) is 1. The number of nitrogens with zero attached hydrogens (tertiary/aromatic N) is 2. The Morgan fingerprint density at radius 3 is 2.62 bits per heavy atom. The molecular weight excluding hydrogens is 334 g/mol. The Morgan fingerprint density at radius 2 is 2.00 bits per heavy atom. The minimum atomic E-state index is 0.313. The third-order valence-corrected chi connectivity index (χ3v) is 4.37. The lowest BCUT2D eigenvalue weighted by Crippen LogP contribution is -2.16. The Morgan fingerprint density at radius 1 is 1.29 bits per heavy atom. The fourth-order valence-electron chi connectivity index (χ4n) is 2.55. The number of aromatic nitrogens is 2. The van der Waals surface area contributed by atoms with Gasteiger partial charge in [0.15, 0.2) is 11.5 Å². The average molecular weight is 352 g/mol. The van der Waals surface area contributed by atoms with Gasteiger partial charge in [-0.15, -0.1) is 0 Å². The van der Waals surface area contributed by atoms with Gasteiger partial charge < -0.3 is 15.2 Å². The van der Waals surface area contributed by atoms with Crippen LogP contribution in [0, 0.1) is 0 Å². The van der Waals surface area contributed by atoms with Crippen molar-refractivity contribution in [2.45, 2.75) is 19.8 Å². The molecule has 1 aromatic carbocycles. The molecular formula is C15H18BrN3O2. The van der Waals surface area contributed by atoms with Gasteiger partial charge in [-0.25, -0.2) is 0 Å². The predicted molar refractivity (Wildman–Crippen MR) is 85.8 cm³/mol. The van der Waals surface area contributed by atoms with Gasteiger partial charge in [0.1, 0.15) is 19.0 Å². The van der Waals surface area contributed by atoms with E-state index in [-0.39, 0.29) is 0 Å². The quantitative estimate of drug-likeness (QED) is 0.901. The van der Waals surface area contributed by atoms with Crippen LogP contribution in [-0.4, -0.2) is 23.0 Å². The molecule has 3 rings (SSSR count). The van der Waals surface area contributed by atoms with Crippen molar-refractivity contribution in [3.63, 3.8) is 0 Å². The first-order valence-electron chi connectivity index (χ1n) is 6.91. The second-order valence-corrected chi connectivity index (χ2v) is 6.20. The van der Waals surface area contributed by atoms with Gasteiger partial charge in [-0.3, -0.25) is 4.68 Å². The Hall–Kier alpha value is -1.69. The van der Waals surface area contributed by atoms with Gasteiger partial charge >= 0.3 is 0 Å². The van der Waals surface area contributed by atoms with Crippen LogP contribution >= 0.6 is 15.9 Å². The molecule has 2 heterocycles. The van der Waals surface area contributed by atoms with Crippen molar-refractivity contribution in [1.82, 2.24) is 9.78 Å². The summed E-state index contributed by atoms with van der Waals surface area (Å²) in [5.74, 6) is 2.47. The number of anilines is 1. The first-order chi connectivity index (χ1) is 9.99. The Labute approximate surface area is 132 Å². The fourth-order valence-corrected chi connectivity index (χ4v) is 3.53. The molecule has 0 aliphatic carbocycles. The highest BCUT2D eigenvalue weighted by Crippen LogP contribution is 2.47. The number of hydrogen-bond donors (Lipinski definition) is 1. The molecule has 21 heavy (non-hydrogen) atoms. The van der Waals surface area contributed by atoms with Crippen LogP contribution < -0.4 is 15.2 Å². The highest BCUT2D eigenvalue weighted by Gasteiger charge is 2.24. The summed E-state index contributed by atoms with van der Waals surface area (Å²) in [7, 11) is 1.83. The van der Waals surface area contributed by atoms with Crippen LogP contribution in [-0.2, 0) is 7.05 Å². The Kier molecular flexibility index (Phi) is 3.57. The van der Waals surface area contributed by atoms with Crippen molar-refractivity contribution in [2.75, 3.05) is 18.9 Å². The maximum atomic E-state index is 5.91. The smallest absolute Gasteiger partial charge is 0.175 e. The summed E-state index contributed by atoms with van der Waals surface area (Å²) < 4.78 is 14.1. The average Bonchev–Trinajstić information content (AvgIpc) is 2.78. The number of aryl methyl sites for hydroxylation is 1. The highest BCUT2D eigenvalue weighted by atomic mass is 79.9. The second-order valence-electron chi connectivity index (χ2n) is 5.41. The summed E-state index contributed by atoms with van der Waals surface area (Å²) >= 11 is 3.67. The van der Waals surface area contributed by atoms with Crippen LogP contribution in [0.1, 0.15) is 25.3 Å². The van der Waals surface area contributed by atoms with Gasteiger partial charge in [-0.2, -0.15) is 5.10 Å². The Balaban J connectivity index is 2.25. The van der Waals surface area contributed by atoms with Crippen LogP contribution in [0.4, 0.5) is 5.82 Å². The van der Waals surface area contributed by atoms with E-state index in [1.807, 2.05) is 19.2 Å². The van der Waals surface area contributed by atoms with Crippen LogP contribution in [0.15, 0.2) is 16.6 Å². The molecule has 0 spiro atoms. The van der Waals surface area contributed by atoms with E-state index in [1.165, 1.54) is 0 Å². The summed E-state index contributed by atoms with van der Waals surface area (Å²) in [5.41, 5.74) is 8.93. The zero-order valence-electron chi connectivity index (χ0n) is 12.3. The molecule has 0 amide bonds. The van der Waals surface area contributed by atoms with E-state index < -0.39 is 0 Å². The third-order valence-electron chi connectivity index (χ3n) is 3.58. The van der Waals surface area contributed by atoms with Gasteiger partial charge in [0.2, 0.25) is 0 Å².